The number of anilines is 2. The van der Waals surface area contributed by atoms with Crippen LogP contribution in [0.5, 0.6) is 0 Å². The molecule has 2 aromatic rings. The maximum absolute atomic E-state index is 13.5. The molecule has 18 heavy (non-hydrogen) atoms. The number of hydrogen-bond donors (Lipinski definition) is 1. The predicted octanol–water partition coefficient (Wildman–Crippen LogP) is 2.49. The fourth-order valence-electron chi connectivity index (χ4n) is 1.60. The van der Waals surface area contributed by atoms with Gasteiger partial charge in [0.15, 0.2) is 5.82 Å². The van der Waals surface area contributed by atoms with Crippen molar-refractivity contribution in [3.05, 3.63) is 46.9 Å². The summed E-state index contributed by atoms with van der Waals surface area (Å²) in [5.41, 5.74) is 6.07. The van der Waals surface area contributed by atoms with Crippen molar-refractivity contribution < 1.29 is 4.39 Å². The van der Waals surface area contributed by atoms with Crippen molar-refractivity contribution in [1.29, 1.82) is 0 Å². The molecule has 2 N–H and O–H groups in total. The molecule has 0 saturated heterocycles. The second-order valence-corrected chi connectivity index (χ2v) is 4.25. The fraction of sp³-hybridized carbons (Fsp3) is 0.167. The molecular formula is C12H12ClFN4. The van der Waals surface area contributed by atoms with Crippen LogP contribution < -0.4 is 10.6 Å². The molecule has 2 rings (SSSR count). The van der Waals surface area contributed by atoms with Crippen molar-refractivity contribution in [3.8, 4) is 0 Å². The van der Waals surface area contributed by atoms with E-state index in [1.54, 1.807) is 30.1 Å². The maximum Gasteiger partial charge on any atom is 0.222 e. The van der Waals surface area contributed by atoms with E-state index >= 15 is 0 Å². The minimum absolute atomic E-state index is 0.134. The highest BCUT2D eigenvalue weighted by Gasteiger charge is 2.11. The molecule has 0 unspecified atom stereocenters. The minimum atomic E-state index is -0.262. The number of benzene rings is 1. The van der Waals surface area contributed by atoms with Gasteiger partial charge in [0, 0.05) is 19.2 Å². The zero-order valence-corrected chi connectivity index (χ0v) is 10.5. The van der Waals surface area contributed by atoms with Crippen molar-refractivity contribution in [2.24, 2.45) is 0 Å². The first-order valence-corrected chi connectivity index (χ1v) is 5.68. The van der Waals surface area contributed by atoms with E-state index in [9.17, 15) is 4.39 Å². The Balaban J connectivity index is 2.25. The summed E-state index contributed by atoms with van der Waals surface area (Å²) in [4.78, 5) is 9.54. The first-order valence-electron chi connectivity index (χ1n) is 5.30. The topological polar surface area (TPSA) is 55.0 Å². The molecule has 0 aliphatic rings. The monoisotopic (exact) mass is 266 g/mol. The molecule has 94 valence electrons. The van der Waals surface area contributed by atoms with Crippen molar-refractivity contribution in [2.75, 3.05) is 17.7 Å². The molecule has 1 heterocycles. The second-order valence-electron chi connectivity index (χ2n) is 3.85. The first kappa shape index (κ1) is 12.6. The Labute approximate surface area is 109 Å². The van der Waals surface area contributed by atoms with E-state index in [2.05, 4.69) is 9.97 Å². The highest BCUT2D eigenvalue weighted by molar-refractivity contribution is 6.32. The lowest BCUT2D eigenvalue weighted by Gasteiger charge is -2.19. The van der Waals surface area contributed by atoms with E-state index in [4.69, 9.17) is 17.3 Å². The Hall–Kier alpha value is -1.88. The summed E-state index contributed by atoms with van der Waals surface area (Å²) >= 11 is 5.98. The number of nitrogens with zero attached hydrogens (tertiary/aromatic N) is 3. The molecule has 0 fully saturated rings. The van der Waals surface area contributed by atoms with Crippen molar-refractivity contribution in [3.63, 3.8) is 0 Å². The van der Waals surface area contributed by atoms with Gasteiger partial charge < -0.3 is 10.6 Å². The summed E-state index contributed by atoms with van der Waals surface area (Å²) in [6.45, 7) is 0.350. The average molecular weight is 267 g/mol. The fourth-order valence-corrected chi connectivity index (χ4v) is 1.83. The van der Waals surface area contributed by atoms with Gasteiger partial charge in [-0.05, 0) is 6.07 Å². The number of halogens is 2. The number of hydrogen-bond acceptors (Lipinski definition) is 4. The number of nitrogen functional groups attached to an aromatic ring is 1. The van der Waals surface area contributed by atoms with Gasteiger partial charge in [0.05, 0.1) is 6.20 Å². The molecule has 0 amide bonds. The Kier molecular flexibility index (Phi) is 3.62. The van der Waals surface area contributed by atoms with Crippen LogP contribution in [0.1, 0.15) is 5.56 Å². The molecule has 0 aliphatic carbocycles. The summed E-state index contributed by atoms with van der Waals surface area (Å²) in [7, 11) is 1.76. The average Bonchev–Trinajstić information content (AvgIpc) is 2.35. The van der Waals surface area contributed by atoms with Crippen molar-refractivity contribution in [2.45, 2.75) is 6.54 Å². The first-order chi connectivity index (χ1) is 8.58. The highest BCUT2D eigenvalue weighted by Crippen LogP contribution is 2.23. The molecule has 4 nitrogen and oxygen atoms in total. The van der Waals surface area contributed by atoms with E-state index in [0.717, 1.165) is 0 Å². The summed E-state index contributed by atoms with van der Waals surface area (Å²) in [6, 6.07) is 6.56. The standard InChI is InChI=1S/C12H12ClFN4/c1-18(7-8-4-2-3-5-10(8)14)11-9(13)6-16-12(15)17-11/h2-6H,7H2,1H3,(H2,15,16,17). The predicted molar refractivity (Wildman–Crippen MR) is 70.0 cm³/mol. The van der Waals surface area contributed by atoms with Gasteiger partial charge >= 0.3 is 0 Å². The SMILES string of the molecule is CN(Cc1ccccc1F)c1nc(N)ncc1Cl. The third-order valence-electron chi connectivity index (χ3n) is 2.47. The quantitative estimate of drug-likeness (QED) is 0.927. The van der Waals surface area contributed by atoms with E-state index in [1.165, 1.54) is 12.3 Å². The van der Waals surface area contributed by atoms with Gasteiger partial charge in [-0.3, -0.25) is 0 Å². The lowest BCUT2D eigenvalue weighted by Crippen LogP contribution is -2.19. The van der Waals surface area contributed by atoms with E-state index in [1.807, 2.05) is 0 Å². The van der Waals surface area contributed by atoms with Gasteiger partial charge in [0.1, 0.15) is 10.8 Å². The molecule has 1 aromatic heterocycles. The van der Waals surface area contributed by atoms with Gasteiger partial charge in [-0.1, -0.05) is 29.8 Å². The van der Waals surface area contributed by atoms with E-state index < -0.39 is 0 Å². The van der Waals surface area contributed by atoms with Gasteiger partial charge in [0.25, 0.3) is 0 Å². The molecule has 0 bridgehead atoms. The molecule has 0 aliphatic heterocycles. The van der Waals surface area contributed by atoms with Crippen molar-refractivity contribution in [1.82, 2.24) is 9.97 Å². The maximum atomic E-state index is 13.5. The number of nitrogens with two attached hydrogens (primary N) is 1. The van der Waals surface area contributed by atoms with Crippen LogP contribution in [-0.4, -0.2) is 17.0 Å². The summed E-state index contributed by atoms with van der Waals surface area (Å²) in [5, 5.41) is 0.378. The zero-order valence-electron chi connectivity index (χ0n) is 9.77. The van der Waals surface area contributed by atoms with Crippen molar-refractivity contribution >= 4 is 23.4 Å². The van der Waals surface area contributed by atoms with Crippen LogP contribution in [-0.2, 0) is 6.54 Å². The van der Waals surface area contributed by atoms with Gasteiger partial charge in [-0.15, -0.1) is 0 Å². The lowest BCUT2D eigenvalue weighted by atomic mass is 10.2. The van der Waals surface area contributed by atoms with Crippen LogP contribution in [0.4, 0.5) is 16.2 Å². The van der Waals surface area contributed by atoms with Gasteiger partial charge in [-0.2, -0.15) is 4.98 Å². The van der Waals surface area contributed by atoms with Gasteiger partial charge in [-0.25, -0.2) is 9.37 Å². The van der Waals surface area contributed by atoms with E-state index in [0.29, 0.717) is 22.9 Å². The second kappa shape index (κ2) is 5.18. The van der Waals surface area contributed by atoms with Crippen LogP contribution in [0.15, 0.2) is 30.5 Å². The molecule has 0 atom stereocenters. The minimum Gasteiger partial charge on any atom is -0.368 e. The Bertz CT molecular complexity index is 562. The normalized spacial score (nSPS) is 10.4. The molecular weight excluding hydrogens is 255 g/mol. The molecule has 0 saturated carbocycles. The molecule has 6 heteroatoms. The van der Waals surface area contributed by atoms with Crippen LogP contribution in [0.2, 0.25) is 5.02 Å². The lowest BCUT2D eigenvalue weighted by molar-refractivity contribution is 0.607. The summed E-state index contributed by atoms with van der Waals surface area (Å²) in [5.74, 6) is 0.352. The third-order valence-corrected chi connectivity index (χ3v) is 2.74. The number of rotatable bonds is 3. The molecule has 0 radical (unpaired) electrons. The third kappa shape index (κ3) is 2.68. The summed E-state index contributed by atoms with van der Waals surface area (Å²) < 4.78 is 13.5. The van der Waals surface area contributed by atoms with Crippen LogP contribution >= 0.6 is 11.6 Å². The van der Waals surface area contributed by atoms with Crippen LogP contribution in [0.3, 0.4) is 0 Å². The molecule has 0 spiro atoms. The zero-order chi connectivity index (χ0) is 13.1. The number of aromatic nitrogens is 2. The largest absolute Gasteiger partial charge is 0.368 e. The van der Waals surface area contributed by atoms with Crippen LogP contribution in [0.25, 0.3) is 0 Å². The summed E-state index contributed by atoms with van der Waals surface area (Å²) in [6.07, 6.45) is 1.43. The highest BCUT2D eigenvalue weighted by atomic mass is 35.5. The van der Waals surface area contributed by atoms with E-state index in [-0.39, 0.29) is 11.8 Å². The Morgan fingerprint density at radius 3 is 2.83 bits per heavy atom. The van der Waals surface area contributed by atoms with Crippen LogP contribution in [0, 0.1) is 5.82 Å². The molecule has 1 aromatic carbocycles. The Morgan fingerprint density at radius 1 is 1.39 bits per heavy atom. The van der Waals surface area contributed by atoms with Gasteiger partial charge in [0.2, 0.25) is 5.95 Å². The Morgan fingerprint density at radius 2 is 2.11 bits per heavy atom. The smallest absolute Gasteiger partial charge is 0.222 e.